The Morgan fingerprint density at radius 1 is 1.13 bits per heavy atom. The highest BCUT2D eigenvalue weighted by molar-refractivity contribution is 5.67. The Morgan fingerprint density at radius 2 is 1.60 bits per heavy atom. The number of carbonyl (C=O) groups excluding carboxylic acids is 1. The molecule has 0 saturated heterocycles. The van der Waals surface area contributed by atoms with Crippen molar-refractivity contribution in [3.63, 3.8) is 0 Å². The summed E-state index contributed by atoms with van der Waals surface area (Å²) in [5.41, 5.74) is -0.163. The van der Waals surface area contributed by atoms with E-state index in [1.54, 1.807) is 11.9 Å². The van der Waals surface area contributed by atoms with Gasteiger partial charge in [-0.15, -0.1) is 0 Å². The average molecular weight is 215 g/mol. The third-order valence-electron chi connectivity index (χ3n) is 1.90. The van der Waals surface area contributed by atoms with Crippen LogP contribution in [-0.4, -0.2) is 30.2 Å². The number of hydrogen-bond acceptors (Lipinski definition) is 2. The van der Waals surface area contributed by atoms with Crippen LogP contribution >= 0.6 is 0 Å². The maximum atomic E-state index is 11.6. The Labute approximate surface area is 93.8 Å². The van der Waals surface area contributed by atoms with Crippen LogP contribution in [0, 0.1) is 5.41 Å². The number of nitrogens with zero attached hydrogens (tertiary/aromatic N) is 1. The first-order valence-corrected chi connectivity index (χ1v) is 5.45. The number of rotatable bonds is 2. The minimum Gasteiger partial charge on any atom is -0.444 e. The second-order valence-corrected chi connectivity index (χ2v) is 6.21. The Hall–Kier alpha value is -0.730. The molecule has 0 aromatic carbocycles. The summed E-state index contributed by atoms with van der Waals surface area (Å²) in [6.45, 7) is 12.9. The fourth-order valence-electron chi connectivity index (χ4n) is 0.934. The lowest BCUT2D eigenvalue weighted by atomic mass is 9.92. The number of hydrogen-bond donors (Lipinski definition) is 0. The zero-order valence-corrected chi connectivity index (χ0v) is 11.2. The van der Waals surface area contributed by atoms with Crippen molar-refractivity contribution in [2.75, 3.05) is 13.6 Å². The predicted molar refractivity (Wildman–Crippen MR) is 62.9 cm³/mol. The summed E-state index contributed by atoms with van der Waals surface area (Å²) < 4.78 is 5.25. The van der Waals surface area contributed by atoms with Crippen molar-refractivity contribution in [2.24, 2.45) is 5.41 Å². The maximum Gasteiger partial charge on any atom is 0.410 e. The molecule has 0 aliphatic carbocycles. The highest BCUT2D eigenvalue weighted by atomic mass is 16.6. The molecule has 0 N–H and O–H groups in total. The van der Waals surface area contributed by atoms with Gasteiger partial charge in [-0.25, -0.2) is 4.79 Å². The molecule has 0 atom stereocenters. The van der Waals surface area contributed by atoms with Crippen LogP contribution in [0.4, 0.5) is 4.79 Å². The van der Waals surface area contributed by atoms with E-state index < -0.39 is 5.60 Å². The molecule has 0 spiro atoms. The quantitative estimate of drug-likeness (QED) is 0.707. The van der Waals surface area contributed by atoms with Crippen molar-refractivity contribution in [2.45, 2.75) is 53.6 Å². The lowest BCUT2D eigenvalue weighted by Gasteiger charge is -2.27. The van der Waals surface area contributed by atoms with Gasteiger partial charge < -0.3 is 9.64 Å². The van der Waals surface area contributed by atoms with Crippen LogP contribution in [0.1, 0.15) is 48.0 Å². The van der Waals surface area contributed by atoms with Crippen LogP contribution in [0.2, 0.25) is 0 Å². The van der Waals surface area contributed by atoms with E-state index in [1.165, 1.54) is 0 Å². The van der Waals surface area contributed by atoms with Gasteiger partial charge in [-0.05, 0) is 32.6 Å². The van der Waals surface area contributed by atoms with E-state index >= 15 is 0 Å². The summed E-state index contributed by atoms with van der Waals surface area (Å²) in [4.78, 5) is 13.2. The summed E-state index contributed by atoms with van der Waals surface area (Å²) >= 11 is 0. The van der Waals surface area contributed by atoms with Crippen LogP contribution in [0.3, 0.4) is 0 Å². The summed E-state index contributed by atoms with van der Waals surface area (Å²) in [5.74, 6) is 0. The molecule has 0 fully saturated rings. The van der Waals surface area contributed by atoms with E-state index in [9.17, 15) is 4.79 Å². The number of ether oxygens (including phenoxy) is 1. The molecule has 0 rings (SSSR count). The van der Waals surface area contributed by atoms with Gasteiger partial charge >= 0.3 is 6.09 Å². The van der Waals surface area contributed by atoms with Gasteiger partial charge in [0, 0.05) is 13.6 Å². The molecule has 90 valence electrons. The molecule has 3 heteroatoms. The third-order valence-corrected chi connectivity index (χ3v) is 1.90. The molecule has 15 heavy (non-hydrogen) atoms. The van der Waals surface area contributed by atoms with Gasteiger partial charge in [0.2, 0.25) is 0 Å². The van der Waals surface area contributed by atoms with Crippen LogP contribution in [0.25, 0.3) is 0 Å². The molecule has 3 nitrogen and oxygen atoms in total. The maximum absolute atomic E-state index is 11.6. The summed E-state index contributed by atoms with van der Waals surface area (Å²) in [7, 11) is 1.78. The van der Waals surface area contributed by atoms with Crippen LogP contribution in [0.5, 0.6) is 0 Å². The Morgan fingerprint density at radius 3 is 1.93 bits per heavy atom. The van der Waals surface area contributed by atoms with Crippen LogP contribution in [-0.2, 0) is 4.74 Å². The Kier molecular flexibility index (Phi) is 4.63. The van der Waals surface area contributed by atoms with Gasteiger partial charge in [0.05, 0.1) is 0 Å². The summed E-state index contributed by atoms with van der Waals surface area (Å²) in [6.07, 6.45) is 0.731. The topological polar surface area (TPSA) is 29.5 Å². The van der Waals surface area contributed by atoms with Gasteiger partial charge in [0.15, 0.2) is 0 Å². The minimum atomic E-state index is -0.410. The standard InChI is InChI=1S/C12H25NO2/c1-11(2,3)8-9-13(7)10(14)15-12(4,5)6/h8-9H2,1-7H3. The molecule has 0 aromatic heterocycles. The molecular formula is C12H25NO2. The second kappa shape index (κ2) is 4.86. The van der Waals surface area contributed by atoms with Crippen molar-refractivity contribution in [1.82, 2.24) is 4.90 Å². The van der Waals surface area contributed by atoms with Crippen molar-refractivity contribution in [1.29, 1.82) is 0 Å². The molecular weight excluding hydrogens is 190 g/mol. The van der Waals surface area contributed by atoms with Crippen LogP contribution < -0.4 is 0 Å². The number of carbonyl (C=O) groups is 1. The smallest absolute Gasteiger partial charge is 0.410 e. The molecule has 0 aromatic rings. The molecule has 0 radical (unpaired) electrons. The first-order chi connectivity index (χ1) is 6.51. The monoisotopic (exact) mass is 215 g/mol. The lowest BCUT2D eigenvalue weighted by Crippen LogP contribution is -2.35. The highest BCUT2D eigenvalue weighted by Gasteiger charge is 2.20. The third kappa shape index (κ3) is 8.28. The van der Waals surface area contributed by atoms with Gasteiger partial charge in [-0.3, -0.25) is 0 Å². The first-order valence-electron chi connectivity index (χ1n) is 5.45. The summed E-state index contributed by atoms with van der Waals surface area (Å²) in [5, 5.41) is 0. The number of amides is 1. The van der Waals surface area contributed by atoms with E-state index in [1.807, 2.05) is 20.8 Å². The van der Waals surface area contributed by atoms with Crippen LogP contribution in [0.15, 0.2) is 0 Å². The van der Waals surface area contributed by atoms with E-state index in [0.717, 1.165) is 13.0 Å². The summed E-state index contributed by atoms with van der Waals surface area (Å²) in [6, 6.07) is 0. The SMILES string of the molecule is CN(CCC(C)(C)C)C(=O)OC(C)(C)C. The second-order valence-electron chi connectivity index (χ2n) is 6.21. The van der Waals surface area contributed by atoms with Gasteiger partial charge in [-0.2, -0.15) is 0 Å². The van der Waals surface area contributed by atoms with Crippen molar-refractivity contribution >= 4 is 6.09 Å². The van der Waals surface area contributed by atoms with Gasteiger partial charge in [0.25, 0.3) is 0 Å². The Balaban J connectivity index is 4.01. The van der Waals surface area contributed by atoms with Gasteiger partial charge in [0.1, 0.15) is 5.60 Å². The van der Waals surface area contributed by atoms with E-state index in [-0.39, 0.29) is 11.5 Å². The predicted octanol–water partition coefficient (Wildman–Crippen LogP) is 3.29. The fraction of sp³-hybridized carbons (Fsp3) is 0.917. The highest BCUT2D eigenvalue weighted by Crippen LogP contribution is 2.19. The largest absolute Gasteiger partial charge is 0.444 e. The Bertz CT molecular complexity index is 211. The zero-order valence-electron chi connectivity index (χ0n) is 11.2. The molecule has 0 bridgehead atoms. The minimum absolute atomic E-state index is 0.244. The van der Waals surface area contributed by atoms with E-state index in [2.05, 4.69) is 20.8 Å². The van der Waals surface area contributed by atoms with E-state index in [4.69, 9.17) is 4.74 Å². The molecule has 0 unspecified atom stereocenters. The fourth-order valence-corrected chi connectivity index (χ4v) is 0.934. The first kappa shape index (κ1) is 14.3. The molecule has 0 heterocycles. The lowest BCUT2D eigenvalue weighted by molar-refractivity contribution is 0.0284. The van der Waals surface area contributed by atoms with Crippen molar-refractivity contribution in [3.8, 4) is 0 Å². The molecule has 0 aliphatic rings. The molecule has 0 saturated carbocycles. The van der Waals surface area contributed by atoms with E-state index in [0.29, 0.717) is 0 Å². The molecule has 0 aliphatic heterocycles. The van der Waals surface area contributed by atoms with Crippen molar-refractivity contribution < 1.29 is 9.53 Å². The van der Waals surface area contributed by atoms with Gasteiger partial charge in [-0.1, -0.05) is 20.8 Å². The average Bonchev–Trinajstić information content (AvgIpc) is 1.95. The normalized spacial score (nSPS) is 12.5. The zero-order chi connectivity index (χ0) is 12.3. The molecule has 1 amide bonds. The van der Waals surface area contributed by atoms with Crippen molar-refractivity contribution in [3.05, 3.63) is 0 Å².